The Morgan fingerprint density at radius 2 is 1.82 bits per heavy atom. The third-order valence-electron chi connectivity index (χ3n) is 6.63. The number of hydrogen-bond acceptors (Lipinski definition) is 7. The van der Waals surface area contributed by atoms with Crippen molar-refractivity contribution in [2.45, 2.75) is 25.7 Å². The molecule has 0 bridgehead atoms. The van der Waals surface area contributed by atoms with Crippen molar-refractivity contribution in [2.24, 2.45) is 4.99 Å². The number of hydrogen-bond donors (Lipinski definition) is 0. The molecule has 14 heteroatoms. The number of halogens is 6. The van der Waals surface area contributed by atoms with Crippen molar-refractivity contribution in [3.05, 3.63) is 123 Å². The first-order valence-corrected chi connectivity index (χ1v) is 15.5. The van der Waals surface area contributed by atoms with Crippen LogP contribution in [0.4, 0.5) is 17.6 Å². The number of carbonyl (C=O) groups is 1. The lowest BCUT2D eigenvalue weighted by Gasteiger charge is -2.26. The van der Waals surface area contributed by atoms with Crippen LogP contribution in [0, 0.1) is 9.39 Å². The van der Waals surface area contributed by atoms with Gasteiger partial charge >= 0.3 is 12.1 Å². The molecule has 1 atom stereocenters. The maximum atomic E-state index is 14.3. The van der Waals surface area contributed by atoms with Crippen molar-refractivity contribution in [2.75, 3.05) is 13.7 Å². The SMILES string of the molecule is CCOC(=O)C1=C(C(F)(F)F)N=c2s/c(=C\c3cc(I)c(OCc4ccc(F)cc4)c(OC)c3)c(=O)n2[C@@H]1c1ccc(Cl)cc1. The lowest BCUT2D eigenvalue weighted by molar-refractivity contribution is -0.140. The molecule has 0 amide bonds. The molecule has 1 aromatic heterocycles. The first-order chi connectivity index (χ1) is 21.4. The average molecular weight is 773 g/mol. The number of esters is 1. The number of rotatable bonds is 8. The van der Waals surface area contributed by atoms with Gasteiger partial charge in [-0.25, -0.2) is 14.2 Å². The second kappa shape index (κ2) is 13.3. The third kappa shape index (κ3) is 6.94. The fourth-order valence-electron chi connectivity index (χ4n) is 4.65. The highest BCUT2D eigenvalue weighted by atomic mass is 127. The predicted molar refractivity (Wildman–Crippen MR) is 169 cm³/mol. The molecule has 7 nitrogen and oxygen atoms in total. The van der Waals surface area contributed by atoms with Crippen LogP contribution in [-0.4, -0.2) is 30.4 Å². The number of aromatic nitrogens is 1. The number of allylic oxidation sites excluding steroid dienone is 1. The van der Waals surface area contributed by atoms with Crippen LogP contribution in [0.15, 0.2) is 81.7 Å². The van der Waals surface area contributed by atoms with Gasteiger partial charge in [-0.2, -0.15) is 13.2 Å². The van der Waals surface area contributed by atoms with Gasteiger partial charge < -0.3 is 14.2 Å². The molecule has 0 fully saturated rings. The van der Waals surface area contributed by atoms with E-state index in [1.807, 2.05) is 22.6 Å². The van der Waals surface area contributed by atoms with Crippen LogP contribution >= 0.6 is 45.5 Å². The Balaban J connectivity index is 1.63. The van der Waals surface area contributed by atoms with E-state index in [0.717, 1.165) is 21.5 Å². The van der Waals surface area contributed by atoms with E-state index in [4.69, 9.17) is 25.8 Å². The molecular formula is C31H22ClF4IN2O5S. The summed E-state index contributed by atoms with van der Waals surface area (Å²) in [5.41, 5.74) is -1.45. The molecule has 0 radical (unpaired) electrons. The first kappa shape index (κ1) is 32.7. The minimum absolute atomic E-state index is 0.0668. The van der Waals surface area contributed by atoms with E-state index in [0.29, 0.717) is 25.7 Å². The molecule has 0 saturated heterocycles. The zero-order valence-electron chi connectivity index (χ0n) is 23.5. The number of methoxy groups -OCH3 is 1. The number of thiazole rings is 1. The average Bonchev–Trinajstić information content (AvgIpc) is 3.30. The molecule has 0 spiro atoms. The number of fused-ring (bicyclic) bond motifs is 1. The normalized spacial score (nSPS) is 15.0. The van der Waals surface area contributed by atoms with Crippen LogP contribution in [0.2, 0.25) is 5.02 Å². The fraction of sp³-hybridized carbons (Fsp3) is 0.194. The fourth-order valence-corrected chi connectivity index (χ4v) is 6.56. The monoisotopic (exact) mass is 772 g/mol. The zero-order valence-corrected chi connectivity index (χ0v) is 27.2. The molecule has 45 heavy (non-hydrogen) atoms. The molecule has 2 heterocycles. The summed E-state index contributed by atoms with van der Waals surface area (Å²) in [6.07, 6.45) is -3.52. The standard InChI is InChI=1S/C31H22ClF4IN2O5S/c1-3-43-29(41)24-25(18-6-8-19(32)9-7-18)39-28(40)23(45-30(39)38-27(24)31(34,35)36)14-17-12-21(37)26(22(13-17)42-2)44-15-16-4-10-20(33)11-5-16/h4-14,25H,3,15H2,1-2H3/b23-14-/t25-/m1/s1. The Labute approximate surface area is 276 Å². The maximum Gasteiger partial charge on any atom is 0.434 e. The number of carbonyl (C=O) groups excluding carboxylic acids is 1. The topological polar surface area (TPSA) is 79.1 Å². The molecular weight excluding hydrogens is 751 g/mol. The Bertz CT molecular complexity index is 1970. The van der Waals surface area contributed by atoms with Gasteiger partial charge in [-0.05, 0) is 88.7 Å². The summed E-state index contributed by atoms with van der Waals surface area (Å²) in [5, 5.41) is 0.317. The van der Waals surface area contributed by atoms with Gasteiger partial charge in [0.05, 0.1) is 33.4 Å². The number of benzene rings is 3. The minimum Gasteiger partial charge on any atom is -0.493 e. The second-order valence-electron chi connectivity index (χ2n) is 9.56. The van der Waals surface area contributed by atoms with Crippen LogP contribution in [0.3, 0.4) is 0 Å². The number of ether oxygens (including phenoxy) is 3. The smallest absolute Gasteiger partial charge is 0.434 e. The van der Waals surface area contributed by atoms with Crippen LogP contribution in [0.5, 0.6) is 11.5 Å². The summed E-state index contributed by atoms with van der Waals surface area (Å²) in [6.45, 7) is 1.42. The molecule has 0 unspecified atom stereocenters. The molecule has 4 aromatic rings. The quantitative estimate of drug-likeness (QED) is 0.119. The third-order valence-corrected chi connectivity index (χ3v) is 8.66. The van der Waals surface area contributed by atoms with Gasteiger partial charge in [-0.15, -0.1) is 0 Å². The Morgan fingerprint density at radius 3 is 2.44 bits per heavy atom. The summed E-state index contributed by atoms with van der Waals surface area (Å²) in [7, 11) is 1.44. The summed E-state index contributed by atoms with van der Waals surface area (Å²) in [4.78, 5) is 30.4. The Morgan fingerprint density at radius 1 is 1.13 bits per heavy atom. The van der Waals surface area contributed by atoms with E-state index in [9.17, 15) is 27.2 Å². The number of nitrogens with zero attached hydrogens (tertiary/aromatic N) is 2. The number of alkyl halides is 3. The van der Waals surface area contributed by atoms with Crippen LogP contribution in [0.1, 0.15) is 29.7 Å². The van der Waals surface area contributed by atoms with Gasteiger partial charge in [0.1, 0.15) is 12.4 Å². The van der Waals surface area contributed by atoms with Gasteiger partial charge in [-0.3, -0.25) is 9.36 Å². The highest BCUT2D eigenvalue weighted by Crippen LogP contribution is 2.39. The van der Waals surface area contributed by atoms with Gasteiger partial charge in [-0.1, -0.05) is 47.2 Å². The summed E-state index contributed by atoms with van der Waals surface area (Å²) in [5.74, 6) is -0.853. The van der Waals surface area contributed by atoms with Crippen LogP contribution < -0.4 is 24.4 Å². The van der Waals surface area contributed by atoms with Gasteiger partial charge in [0.2, 0.25) is 0 Å². The van der Waals surface area contributed by atoms with E-state index in [1.165, 1.54) is 56.5 Å². The maximum absolute atomic E-state index is 14.3. The lowest BCUT2D eigenvalue weighted by Crippen LogP contribution is -2.41. The molecule has 234 valence electrons. The van der Waals surface area contributed by atoms with E-state index in [2.05, 4.69) is 4.99 Å². The molecule has 0 N–H and O–H groups in total. The molecule has 0 saturated carbocycles. The largest absolute Gasteiger partial charge is 0.493 e. The van der Waals surface area contributed by atoms with Crippen molar-refractivity contribution in [3.63, 3.8) is 0 Å². The zero-order chi connectivity index (χ0) is 32.5. The van der Waals surface area contributed by atoms with Crippen molar-refractivity contribution in [1.82, 2.24) is 4.57 Å². The molecule has 5 rings (SSSR count). The summed E-state index contributed by atoms with van der Waals surface area (Å²) < 4.78 is 74.5. The summed E-state index contributed by atoms with van der Waals surface area (Å²) in [6, 6.07) is 13.5. The summed E-state index contributed by atoms with van der Waals surface area (Å²) >= 11 is 8.81. The minimum atomic E-state index is -5.02. The molecule has 3 aromatic carbocycles. The van der Waals surface area contributed by atoms with Gasteiger partial charge in [0.15, 0.2) is 22.0 Å². The second-order valence-corrected chi connectivity index (χ2v) is 12.2. The van der Waals surface area contributed by atoms with E-state index in [1.54, 1.807) is 24.3 Å². The highest BCUT2D eigenvalue weighted by molar-refractivity contribution is 14.1. The van der Waals surface area contributed by atoms with Crippen molar-refractivity contribution < 1.29 is 36.6 Å². The van der Waals surface area contributed by atoms with E-state index >= 15 is 0 Å². The molecule has 1 aliphatic rings. The van der Waals surface area contributed by atoms with Crippen molar-refractivity contribution >= 4 is 57.6 Å². The van der Waals surface area contributed by atoms with E-state index < -0.39 is 35.0 Å². The Kier molecular flexibility index (Phi) is 9.70. The predicted octanol–water partition coefficient (Wildman–Crippen LogP) is 6.33. The van der Waals surface area contributed by atoms with Crippen molar-refractivity contribution in [1.29, 1.82) is 0 Å². The first-order valence-electron chi connectivity index (χ1n) is 13.2. The molecule has 1 aliphatic heterocycles. The lowest BCUT2D eigenvalue weighted by atomic mass is 9.95. The van der Waals surface area contributed by atoms with Gasteiger partial charge in [0.25, 0.3) is 5.56 Å². The Hall–Kier alpha value is -3.69. The highest BCUT2D eigenvalue weighted by Gasteiger charge is 2.45. The van der Waals surface area contributed by atoms with Crippen LogP contribution in [-0.2, 0) is 16.1 Å². The van der Waals surface area contributed by atoms with E-state index in [-0.39, 0.29) is 33.9 Å². The molecule has 0 aliphatic carbocycles. The van der Waals surface area contributed by atoms with Crippen LogP contribution in [0.25, 0.3) is 6.08 Å². The van der Waals surface area contributed by atoms with Gasteiger partial charge in [0, 0.05) is 5.02 Å². The van der Waals surface area contributed by atoms with Crippen molar-refractivity contribution in [3.8, 4) is 11.5 Å².